The van der Waals surface area contributed by atoms with Crippen LogP contribution >= 0.6 is 0 Å². The van der Waals surface area contributed by atoms with Crippen LogP contribution in [-0.4, -0.2) is 90.8 Å². The second kappa shape index (κ2) is 25.4. The van der Waals surface area contributed by atoms with Gasteiger partial charge in [0.25, 0.3) is 0 Å². The van der Waals surface area contributed by atoms with Gasteiger partial charge in [0.2, 0.25) is 6.08 Å². The Bertz CT molecular complexity index is 3600. The number of carbonyl (C=O) groups excluding carboxylic acids is 3. The number of aliphatic hydroxyl groups is 6. The maximum Gasteiger partial charge on any atom is 0.323 e. The number of fused-ring (bicyclic) bond motifs is 4. The molecule has 4 aliphatic rings. The van der Waals surface area contributed by atoms with E-state index in [1.165, 1.54) is 6.08 Å². The van der Waals surface area contributed by atoms with Gasteiger partial charge in [-0.25, -0.2) is 9.59 Å². The summed E-state index contributed by atoms with van der Waals surface area (Å²) < 4.78 is 6.13. The van der Waals surface area contributed by atoms with Gasteiger partial charge < -0.3 is 56.8 Å². The zero-order chi connectivity index (χ0) is 58.5. The number of phenols is 1. The average molecular weight is 1110 g/mol. The van der Waals surface area contributed by atoms with Crippen LogP contribution in [0.15, 0.2) is 102 Å². The minimum absolute atomic E-state index is 0.00960. The number of likely N-dealkylation sites (N-methyl/N-ethyl adjacent to an activating group) is 2. The first-order valence-corrected chi connectivity index (χ1v) is 27.3. The van der Waals surface area contributed by atoms with Gasteiger partial charge in [0.15, 0.2) is 0 Å². The Balaban J connectivity index is 0.000000187. The highest BCUT2D eigenvalue weighted by molar-refractivity contribution is 6.02. The van der Waals surface area contributed by atoms with Crippen molar-refractivity contribution in [2.45, 2.75) is 105 Å². The minimum Gasteiger partial charge on any atom is -0.507 e. The molecule has 7 aromatic carbocycles. The number of hydrogen-bond acceptors (Lipinski definition) is 15. The zero-order valence-corrected chi connectivity index (χ0v) is 46.8. The first kappa shape index (κ1) is 58.6. The molecule has 7 aromatic rings. The number of nitrogens with one attached hydrogen (secondary N) is 2. The third-order valence-corrected chi connectivity index (χ3v) is 16.2. The number of amides is 2. The van der Waals surface area contributed by atoms with Crippen LogP contribution in [0.1, 0.15) is 101 Å². The number of ether oxygens (including phenoxy) is 1. The summed E-state index contributed by atoms with van der Waals surface area (Å²) in [6.45, 7) is 5.78. The molecule has 0 radical (unpaired) electrons. The molecule has 0 saturated carbocycles. The highest BCUT2D eigenvalue weighted by Gasteiger charge is 2.40. The Morgan fingerprint density at radius 3 is 1.63 bits per heavy atom. The molecule has 0 saturated heterocycles. The van der Waals surface area contributed by atoms with Crippen molar-refractivity contribution in [2.75, 3.05) is 43.6 Å². The summed E-state index contributed by atoms with van der Waals surface area (Å²) in [7, 11) is 4.11. The maximum atomic E-state index is 13.5. The lowest BCUT2D eigenvalue weighted by Crippen LogP contribution is -2.37. The summed E-state index contributed by atoms with van der Waals surface area (Å²) in [5, 5.41) is 77.9. The van der Waals surface area contributed by atoms with Crippen LogP contribution in [0.25, 0.3) is 22.3 Å². The highest BCUT2D eigenvalue weighted by Crippen LogP contribution is 2.55. The van der Waals surface area contributed by atoms with Gasteiger partial charge in [-0.05, 0) is 169 Å². The minimum atomic E-state index is -0.504. The molecule has 0 spiro atoms. The van der Waals surface area contributed by atoms with Crippen molar-refractivity contribution in [2.24, 2.45) is 4.99 Å². The van der Waals surface area contributed by atoms with Crippen molar-refractivity contribution in [1.29, 1.82) is 0 Å². The molecule has 11 rings (SSSR count). The molecule has 2 unspecified atom stereocenters. The van der Waals surface area contributed by atoms with Gasteiger partial charge in [0.1, 0.15) is 11.5 Å². The number of benzene rings is 7. The predicted octanol–water partition coefficient (Wildman–Crippen LogP) is 8.49. The number of nitrogens with two attached hydrogens (primary N) is 1. The summed E-state index contributed by atoms with van der Waals surface area (Å²) in [5.74, 6) is -0.302. The van der Waals surface area contributed by atoms with Crippen LogP contribution in [-0.2, 0) is 81.3 Å². The summed E-state index contributed by atoms with van der Waals surface area (Å²) in [6.07, 6.45) is 4.25. The van der Waals surface area contributed by atoms with E-state index in [9.17, 15) is 50.1 Å². The van der Waals surface area contributed by atoms with Crippen LogP contribution in [0.3, 0.4) is 0 Å². The number of carbonyl (C=O) groups is 2. The molecule has 2 amide bonds. The summed E-state index contributed by atoms with van der Waals surface area (Å²) in [4.78, 5) is 44.5. The van der Waals surface area contributed by atoms with E-state index in [1.54, 1.807) is 24.3 Å². The first-order valence-electron chi connectivity index (χ1n) is 27.3. The zero-order valence-electron chi connectivity index (χ0n) is 46.8. The number of urea groups is 1. The van der Waals surface area contributed by atoms with Crippen molar-refractivity contribution < 1.29 is 54.9 Å². The number of nitrogen functional groups attached to an aromatic ring is 1. The van der Waals surface area contributed by atoms with Crippen molar-refractivity contribution >= 4 is 40.8 Å². The van der Waals surface area contributed by atoms with E-state index in [1.807, 2.05) is 101 Å². The quantitative estimate of drug-likeness (QED) is 0.0137. The van der Waals surface area contributed by atoms with E-state index in [0.717, 1.165) is 87.1 Å². The second-order valence-electron chi connectivity index (χ2n) is 21.5. The first-order chi connectivity index (χ1) is 39.5. The Morgan fingerprint density at radius 1 is 0.622 bits per heavy atom. The lowest BCUT2D eigenvalue weighted by Gasteiger charge is -2.42. The van der Waals surface area contributed by atoms with E-state index in [0.29, 0.717) is 85.7 Å². The van der Waals surface area contributed by atoms with Crippen molar-refractivity contribution in [1.82, 2.24) is 9.80 Å². The molecule has 426 valence electrons. The molecular formula is C65H70N6O11. The van der Waals surface area contributed by atoms with Gasteiger partial charge in [0, 0.05) is 64.5 Å². The SMILES string of the molecule is CN1CCc2cc(CO)c(CO)c3c2C1Cc1c(N)cc(CO)c(O)c1-3.Cc1ccc(CC(=O)Oc2c(CO)cc(NC(=O)Nc3ccc(C)cc3)c3c2-c2c(CO)c(CO)cc4c2C(C3)N(C)CC4)cc1.Cc1ccc(N=C=O)cc1. The van der Waals surface area contributed by atoms with E-state index >= 15 is 0 Å². The highest BCUT2D eigenvalue weighted by atomic mass is 16.5. The standard InChI is InChI=1S/C37H39N3O6.C20H24N2O4.C8H7NO/c1-21-4-8-23(9-5-21)14-32(44)46-36-26(19-42)16-30(39-37(45)38-27-10-6-22(2)7-11-27)28-17-31-33-24(12-13-40(31)3)15-25(18-41)29(20-43)34(33)35(28)36;1-22-3-2-10-4-11(7-23)14(9-25)18-17(10)16(22)6-13-15(21)5-12(8-24)20(26)19(13)18;1-7-2-4-8(5-3-7)9-6-10/h4-11,15-16,31,41-43H,12-14,17-20H2,1-3H3,(H2,38,39,45);4-5,16,23-26H,2-3,6-9,21H2,1H3;2-5H,1H3. The number of rotatable bonds is 12. The molecule has 2 heterocycles. The molecule has 2 atom stereocenters. The third kappa shape index (κ3) is 11.8. The Morgan fingerprint density at radius 2 is 1.12 bits per heavy atom. The smallest absolute Gasteiger partial charge is 0.323 e. The molecule has 11 N–H and O–H groups in total. The van der Waals surface area contributed by atoms with E-state index in [4.69, 9.17) is 10.5 Å². The van der Waals surface area contributed by atoms with Crippen molar-refractivity contribution in [3.8, 4) is 33.8 Å². The summed E-state index contributed by atoms with van der Waals surface area (Å²) >= 11 is 0. The van der Waals surface area contributed by atoms with Crippen LogP contribution < -0.4 is 21.1 Å². The van der Waals surface area contributed by atoms with E-state index in [-0.39, 0.29) is 63.0 Å². The normalized spacial score (nSPS) is 15.4. The van der Waals surface area contributed by atoms with Gasteiger partial charge in [-0.2, -0.15) is 4.99 Å². The monoisotopic (exact) mass is 1110 g/mol. The Labute approximate surface area is 476 Å². The molecule has 17 nitrogen and oxygen atoms in total. The number of anilines is 3. The number of aryl methyl sites for hydroxylation is 3. The average Bonchev–Trinajstić information content (AvgIpc) is 2.40. The molecule has 17 heteroatoms. The fourth-order valence-electron chi connectivity index (χ4n) is 12.0. The predicted molar refractivity (Wildman–Crippen MR) is 314 cm³/mol. The van der Waals surface area contributed by atoms with Crippen LogP contribution in [0, 0.1) is 20.8 Å². The number of aromatic hydroxyl groups is 1. The van der Waals surface area contributed by atoms with Crippen LogP contribution in [0.4, 0.5) is 27.5 Å². The van der Waals surface area contributed by atoms with Gasteiger partial charge in [-0.15, -0.1) is 0 Å². The molecule has 0 fully saturated rings. The largest absolute Gasteiger partial charge is 0.507 e. The molecule has 0 aromatic heterocycles. The number of hydrogen-bond donors (Lipinski definition) is 10. The fraction of sp³-hybridized carbons (Fsp3) is 0.308. The lowest BCUT2D eigenvalue weighted by molar-refractivity contribution is -0.133. The molecule has 0 bridgehead atoms. The Kier molecular flexibility index (Phi) is 18.1. The molecular weight excluding hydrogens is 1040 g/mol. The van der Waals surface area contributed by atoms with Gasteiger partial charge in [-0.1, -0.05) is 77.4 Å². The molecule has 2 aliphatic heterocycles. The topological polar surface area (TPSA) is 271 Å². The van der Waals surface area contributed by atoms with E-state index < -0.39 is 18.6 Å². The van der Waals surface area contributed by atoms with Gasteiger partial charge in [-0.3, -0.25) is 14.6 Å². The lowest BCUT2D eigenvalue weighted by atomic mass is 9.73. The van der Waals surface area contributed by atoms with E-state index in [2.05, 4.69) is 32.5 Å². The fourth-order valence-corrected chi connectivity index (χ4v) is 12.0. The van der Waals surface area contributed by atoms with Crippen molar-refractivity contribution in [3.05, 3.63) is 186 Å². The number of aliphatic hydroxyl groups excluding tert-OH is 6. The summed E-state index contributed by atoms with van der Waals surface area (Å²) in [5.41, 5.74) is 24.2. The van der Waals surface area contributed by atoms with Crippen LogP contribution in [0.5, 0.6) is 11.5 Å². The number of isocyanates is 1. The number of nitrogens with zero attached hydrogens (tertiary/aromatic N) is 3. The molecule has 2 aliphatic carbocycles. The third-order valence-electron chi connectivity index (χ3n) is 16.2. The number of esters is 1. The van der Waals surface area contributed by atoms with Crippen LogP contribution in [0.2, 0.25) is 0 Å². The second-order valence-corrected chi connectivity index (χ2v) is 21.5. The molecule has 82 heavy (non-hydrogen) atoms. The van der Waals surface area contributed by atoms with Gasteiger partial charge in [0.05, 0.1) is 51.7 Å². The van der Waals surface area contributed by atoms with Gasteiger partial charge >= 0.3 is 12.0 Å². The number of aliphatic imine (C=N–C) groups is 1. The maximum absolute atomic E-state index is 13.5. The Hall–Kier alpha value is -8.06. The summed E-state index contributed by atoms with van der Waals surface area (Å²) in [6, 6.07) is 29.2. The van der Waals surface area contributed by atoms with Crippen molar-refractivity contribution in [3.63, 3.8) is 0 Å².